The van der Waals surface area contributed by atoms with Crippen LogP contribution in [0.3, 0.4) is 0 Å². The van der Waals surface area contributed by atoms with Gasteiger partial charge in [-0.25, -0.2) is 0 Å². The molecule has 2 rings (SSSR count). The maximum Gasteiger partial charge on any atom is 0.157 e. The molecule has 2 aromatic carbocycles. The predicted octanol–water partition coefficient (Wildman–Crippen LogP) is 2.75. The normalized spacial score (nSPS) is 9.94. The summed E-state index contributed by atoms with van der Waals surface area (Å²) < 4.78 is 0. The molecule has 0 radical (unpaired) electrons. The van der Waals surface area contributed by atoms with E-state index in [1.54, 1.807) is 18.2 Å². The quantitative estimate of drug-likeness (QED) is 0.809. The molecule has 0 aliphatic rings. The molecule has 0 amide bonds. The van der Waals surface area contributed by atoms with E-state index in [0.717, 1.165) is 24.0 Å². The molecule has 0 aromatic heterocycles. The van der Waals surface area contributed by atoms with E-state index in [0.29, 0.717) is 5.56 Å². The van der Waals surface area contributed by atoms with Crippen LogP contribution in [-0.2, 0) is 12.8 Å². The van der Waals surface area contributed by atoms with E-state index in [4.69, 9.17) is 5.26 Å². The predicted molar refractivity (Wildman–Crippen MR) is 68.3 cm³/mol. The van der Waals surface area contributed by atoms with Gasteiger partial charge in [0.25, 0.3) is 0 Å². The standard InChI is InChI=1S/C15H13NO2/c16-10-13-3-1-2-11(8-13)4-5-12-6-7-14(17)15(18)9-12/h1-3,6-9,17-18H,4-5H2. The van der Waals surface area contributed by atoms with Crippen molar-refractivity contribution in [1.29, 1.82) is 5.26 Å². The first-order valence-electron chi connectivity index (χ1n) is 5.69. The Morgan fingerprint density at radius 3 is 2.28 bits per heavy atom. The summed E-state index contributed by atoms with van der Waals surface area (Å²) in [7, 11) is 0. The summed E-state index contributed by atoms with van der Waals surface area (Å²) >= 11 is 0. The lowest BCUT2D eigenvalue weighted by Crippen LogP contribution is -1.91. The molecule has 0 aliphatic heterocycles. The topological polar surface area (TPSA) is 64.2 Å². The van der Waals surface area contributed by atoms with Crippen LogP contribution in [0, 0.1) is 11.3 Å². The maximum absolute atomic E-state index is 9.39. The molecule has 2 aromatic rings. The van der Waals surface area contributed by atoms with E-state index in [1.807, 2.05) is 18.2 Å². The van der Waals surface area contributed by atoms with Crippen molar-refractivity contribution in [3.8, 4) is 17.6 Å². The van der Waals surface area contributed by atoms with Crippen molar-refractivity contribution < 1.29 is 10.2 Å². The Balaban J connectivity index is 2.07. The molecule has 0 atom stereocenters. The van der Waals surface area contributed by atoms with Crippen LogP contribution in [0.5, 0.6) is 11.5 Å². The largest absolute Gasteiger partial charge is 0.504 e. The van der Waals surface area contributed by atoms with E-state index < -0.39 is 0 Å². The summed E-state index contributed by atoms with van der Waals surface area (Å²) in [5.74, 6) is -0.205. The molecule has 0 heterocycles. The number of benzene rings is 2. The summed E-state index contributed by atoms with van der Waals surface area (Å²) in [5.41, 5.74) is 2.69. The van der Waals surface area contributed by atoms with E-state index in [9.17, 15) is 10.2 Å². The Morgan fingerprint density at radius 2 is 1.61 bits per heavy atom. The maximum atomic E-state index is 9.39. The third-order valence-electron chi connectivity index (χ3n) is 2.80. The van der Waals surface area contributed by atoms with Gasteiger partial charge in [0.1, 0.15) is 0 Å². The first-order chi connectivity index (χ1) is 8.69. The van der Waals surface area contributed by atoms with Gasteiger partial charge in [0.05, 0.1) is 11.6 Å². The lowest BCUT2D eigenvalue weighted by molar-refractivity contribution is 0.403. The molecular formula is C15H13NO2. The van der Waals surface area contributed by atoms with Crippen molar-refractivity contribution in [2.45, 2.75) is 12.8 Å². The van der Waals surface area contributed by atoms with E-state index >= 15 is 0 Å². The van der Waals surface area contributed by atoms with Gasteiger partial charge in [-0.2, -0.15) is 5.26 Å². The number of hydrogen-bond donors (Lipinski definition) is 2. The average Bonchev–Trinajstić information content (AvgIpc) is 2.40. The Labute approximate surface area is 106 Å². The number of hydrogen-bond acceptors (Lipinski definition) is 3. The van der Waals surface area contributed by atoms with Crippen molar-refractivity contribution in [3.05, 3.63) is 59.2 Å². The second kappa shape index (κ2) is 5.24. The number of nitrogens with zero attached hydrogens (tertiary/aromatic N) is 1. The Bertz CT molecular complexity index is 600. The minimum absolute atomic E-state index is 0.0988. The third kappa shape index (κ3) is 2.80. The highest BCUT2D eigenvalue weighted by Crippen LogP contribution is 2.25. The van der Waals surface area contributed by atoms with Crippen LogP contribution < -0.4 is 0 Å². The molecule has 0 unspecified atom stereocenters. The first kappa shape index (κ1) is 12.0. The van der Waals surface area contributed by atoms with Crippen LogP contribution in [0.1, 0.15) is 16.7 Å². The number of phenolic OH excluding ortho intramolecular Hbond substituents is 2. The van der Waals surface area contributed by atoms with Crippen molar-refractivity contribution in [2.24, 2.45) is 0 Å². The highest BCUT2D eigenvalue weighted by Gasteiger charge is 2.02. The van der Waals surface area contributed by atoms with Gasteiger partial charge < -0.3 is 10.2 Å². The number of aryl methyl sites for hydroxylation is 2. The average molecular weight is 239 g/mol. The molecule has 0 spiro atoms. The monoisotopic (exact) mass is 239 g/mol. The van der Waals surface area contributed by atoms with Crippen molar-refractivity contribution in [2.75, 3.05) is 0 Å². The summed E-state index contributed by atoms with van der Waals surface area (Å²) in [6.07, 6.45) is 1.54. The minimum atomic E-state index is -0.106. The lowest BCUT2D eigenvalue weighted by atomic mass is 10.0. The van der Waals surface area contributed by atoms with Gasteiger partial charge in [-0.3, -0.25) is 0 Å². The van der Waals surface area contributed by atoms with Gasteiger partial charge in [0.2, 0.25) is 0 Å². The molecule has 0 fully saturated rings. The molecule has 90 valence electrons. The zero-order chi connectivity index (χ0) is 13.0. The fourth-order valence-corrected chi connectivity index (χ4v) is 1.81. The van der Waals surface area contributed by atoms with Crippen LogP contribution in [0.4, 0.5) is 0 Å². The van der Waals surface area contributed by atoms with Crippen LogP contribution in [0.2, 0.25) is 0 Å². The van der Waals surface area contributed by atoms with Gasteiger partial charge >= 0.3 is 0 Å². The van der Waals surface area contributed by atoms with Crippen molar-refractivity contribution >= 4 is 0 Å². The van der Waals surface area contributed by atoms with E-state index in [1.165, 1.54) is 6.07 Å². The molecule has 18 heavy (non-hydrogen) atoms. The minimum Gasteiger partial charge on any atom is -0.504 e. The van der Waals surface area contributed by atoms with Gasteiger partial charge in [-0.15, -0.1) is 0 Å². The Kier molecular flexibility index (Phi) is 3.49. The number of rotatable bonds is 3. The van der Waals surface area contributed by atoms with Crippen molar-refractivity contribution in [1.82, 2.24) is 0 Å². The van der Waals surface area contributed by atoms with Gasteiger partial charge in [-0.1, -0.05) is 18.2 Å². The zero-order valence-corrected chi connectivity index (χ0v) is 9.80. The first-order valence-corrected chi connectivity index (χ1v) is 5.69. The molecule has 0 bridgehead atoms. The molecule has 0 aliphatic carbocycles. The highest BCUT2D eigenvalue weighted by atomic mass is 16.3. The second-order valence-electron chi connectivity index (χ2n) is 4.14. The molecule has 0 saturated carbocycles. The molecule has 3 heteroatoms. The number of aromatic hydroxyl groups is 2. The van der Waals surface area contributed by atoms with Crippen LogP contribution in [0.25, 0.3) is 0 Å². The third-order valence-corrected chi connectivity index (χ3v) is 2.80. The summed E-state index contributed by atoms with van der Waals surface area (Å²) in [6.45, 7) is 0. The van der Waals surface area contributed by atoms with Crippen molar-refractivity contribution in [3.63, 3.8) is 0 Å². The van der Waals surface area contributed by atoms with E-state index in [2.05, 4.69) is 6.07 Å². The van der Waals surface area contributed by atoms with Crippen LogP contribution in [0.15, 0.2) is 42.5 Å². The SMILES string of the molecule is N#Cc1cccc(CCc2ccc(O)c(O)c2)c1. The number of nitriles is 1. The van der Waals surface area contributed by atoms with Gasteiger partial charge in [0, 0.05) is 0 Å². The van der Waals surface area contributed by atoms with Gasteiger partial charge in [-0.05, 0) is 48.2 Å². The second-order valence-corrected chi connectivity index (χ2v) is 4.14. The van der Waals surface area contributed by atoms with Crippen LogP contribution in [-0.4, -0.2) is 10.2 Å². The van der Waals surface area contributed by atoms with Gasteiger partial charge in [0.15, 0.2) is 11.5 Å². The fourth-order valence-electron chi connectivity index (χ4n) is 1.81. The zero-order valence-electron chi connectivity index (χ0n) is 9.80. The van der Waals surface area contributed by atoms with Crippen LogP contribution >= 0.6 is 0 Å². The molecular weight excluding hydrogens is 226 g/mol. The molecule has 3 nitrogen and oxygen atoms in total. The lowest BCUT2D eigenvalue weighted by Gasteiger charge is -2.04. The highest BCUT2D eigenvalue weighted by molar-refractivity contribution is 5.41. The summed E-state index contributed by atoms with van der Waals surface area (Å²) in [5, 5.41) is 27.4. The summed E-state index contributed by atoms with van der Waals surface area (Å²) in [6, 6.07) is 14.4. The fraction of sp³-hybridized carbons (Fsp3) is 0.133. The summed E-state index contributed by atoms with van der Waals surface area (Å²) in [4.78, 5) is 0. The molecule has 0 saturated heterocycles. The Hall–Kier alpha value is -2.47. The molecule has 2 N–H and O–H groups in total. The smallest absolute Gasteiger partial charge is 0.157 e. The number of phenols is 2. The Morgan fingerprint density at radius 1 is 0.889 bits per heavy atom. The van der Waals surface area contributed by atoms with E-state index in [-0.39, 0.29) is 11.5 Å².